The molecule has 5 nitrogen and oxygen atoms in total. The zero-order valence-corrected chi connectivity index (χ0v) is 10.4. The Morgan fingerprint density at radius 3 is 2.56 bits per heavy atom. The van der Waals surface area contributed by atoms with Crippen LogP contribution in [-0.2, 0) is 4.74 Å². The van der Waals surface area contributed by atoms with Crippen molar-refractivity contribution in [3.05, 3.63) is 35.9 Å². The lowest BCUT2D eigenvalue weighted by Crippen LogP contribution is -2.47. The van der Waals surface area contributed by atoms with Crippen LogP contribution >= 0.6 is 0 Å². The van der Waals surface area contributed by atoms with E-state index in [0.717, 1.165) is 31.7 Å². The highest BCUT2D eigenvalue weighted by molar-refractivity contribution is 6.03. The van der Waals surface area contributed by atoms with Crippen molar-refractivity contribution in [2.45, 2.75) is 0 Å². The van der Waals surface area contributed by atoms with E-state index in [4.69, 9.17) is 0 Å². The molecule has 5 heteroatoms. The van der Waals surface area contributed by atoms with Crippen LogP contribution in [0, 0.1) is 0 Å². The third kappa shape index (κ3) is 3.07. The van der Waals surface area contributed by atoms with Gasteiger partial charge < -0.3 is 15.0 Å². The lowest BCUT2D eigenvalue weighted by Gasteiger charge is -2.30. The Balaban J connectivity index is 2.28. The van der Waals surface area contributed by atoms with Gasteiger partial charge in [-0.1, -0.05) is 30.3 Å². The molecule has 1 N–H and O–H groups in total. The number of piperazine rings is 1. The number of methoxy groups -OCH3 is 1. The van der Waals surface area contributed by atoms with Crippen LogP contribution in [0.1, 0.15) is 5.56 Å². The van der Waals surface area contributed by atoms with Gasteiger partial charge in [0.25, 0.3) is 0 Å². The number of carbonyl (C=O) groups excluding carboxylic acids is 1. The molecule has 1 aromatic carbocycles. The van der Waals surface area contributed by atoms with Crippen LogP contribution in [0.15, 0.2) is 35.3 Å². The normalized spacial score (nSPS) is 16.5. The van der Waals surface area contributed by atoms with Crippen LogP contribution in [0.5, 0.6) is 0 Å². The highest BCUT2D eigenvalue weighted by Gasteiger charge is 2.17. The topological polar surface area (TPSA) is 53.9 Å². The summed E-state index contributed by atoms with van der Waals surface area (Å²) in [5, 5.41) is 3.28. The first-order valence-corrected chi connectivity index (χ1v) is 5.99. The first-order chi connectivity index (χ1) is 8.81. The third-order valence-electron chi connectivity index (χ3n) is 2.82. The van der Waals surface area contributed by atoms with Gasteiger partial charge >= 0.3 is 6.09 Å². The van der Waals surface area contributed by atoms with Crippen LogP contribution in [0.4, 0.5) is 4.79 Å². The molecule has 0 spiro atoms. The molecule has 1 fully saturated rings. The SMILES string of the molecule is COC(=O)/N=C(\c1ccccc1)N1CCNCC1. The molecule has 1 saturated heterocycles. The van der Waals surface area contributed by atoms with E-state index < -0.39 is 6.09 Å². The van der Waals surface area contributed by atoms with E-state index in [-0.39, 0.29) is 0 Å². The Morgan fingerprint density at radius 1 is 1.28 bits per heavy atom. The molecule has 2 rings (SSSR count). The molecular formula is C13H17N3O2. The molecule has 96 valence electrons. The average Bonchev–Trinajstić information content (AvgIpc) is 2.46. The lowest BCUT2D eigenvalue weighted by molar-refractivity contribution is 0.182. The molecule has 0 bridgehead atoms. The quantitative estimate of drug-likeness (QED) is 0.596. The number of hydrogen-bond donors (Lipinski definition) is 1. The standard InChI is InChI=1S/C13H17N3O2/c1-18-13(17)15-12(11-5-3-2-4-6-11)16-9-7-14-8-10-16/h2-6,14H,7-10H2,1H3/b15-12+. The van der Waals surface area contributed by atoms with Gasteiger partial charge in [-0.3, -0.25) is 0 Å². The summed E-state index contributed by atoms with van der Waals surface area (Å²) in [5.41, 5.74) is 0.935. The van der Waals surface area contributed by atoms with Gasteiger partial charge in [0.1, 0.15) is 5.84 Å². The number of ether oxygens (including phenoxy) is 1. The van der Waals surface area contributed by atoms with E-state index in [1.165, 1.54) is 7.11 Å². The summed E-state index contributed by atoms with van der Waals surface area (Å²) in [5.74, 6) is 0.684. The number of aliphatic imine (C=N–C) groups is 1. The summed E-state index contributed by atoms with van der Waals surface area (Å²) < 4.78 is 4.62. The Hall–Kier alpha value is -1.88. The van der Waals surface area contributed by atoms with Crippen molar-refractivity contribution in [1.29, 1.82) is 0 Å². The van der Waals surface area contributed by atoms with Crippen molar-refractivity contribution in [2.75, 3.05) is 33.3 Å². The summed E-state index contributed by atoms with van der Waals surface area (Å²) in [4.78, 5) is 17.5. The molecule has 0 unspecified atom stereocenters. The van der Waals surface area contributed by atoms with Gasteiger partial charge in [0.2, 0.25) is 0 Å². The minimum absolute atomic E-state index is 0.563. The van der Waals surface area contributed by atoms with Gasteiger partial charge in [-0.2, -0.15) is 4.99 Å². The number of amides is 1. The second kappa shape index (κ2) is 6.16. The molecule has 18 heavy (non-hydrogen) atoms. The monoisotopic (exact) mass is 247 g/mol. The van der Waals surface area contributed by atoms with Crippen molar-refractivity contribution in [3.8, 4) is 0 Å². The van der Waals surface area contributed by atoms with E-state index in [1.807, 2.05) is 30.3 Å². The molecule has 1 aromatic rings. The van der Waals surface area contributed by atoms with Crippen molar-refractivity contribution in [2.24, 2.45) is 4.99 Å². The number of hydrogen-bond acceptors (Lipinski definition) is 3. The number of carbonyl (C=O) groups is 1. The molecule has 1 aliphatic rings. The second-order valence-electron chi connectivity index (χ2n) is 4.01. The van der Waals surface area contributed by atoms with Gasteiger partial charge in [-0.25, -0.2) is 4.79 Å². The van der Waals surface area contributed by atoms with Crippen molar-refractivity contribution < 1.29 is 9.53 Å². The second-order valence-corrected chi connectivity index (χ2v) is 4.01. The van der Waals surface area contributed by atoms with Gasteiger partial charge in [-0.05, 0) is 0 Å². The molecule has 0 saturated carbocycles. The van der Waals surface area contributed by atoms with Gasteiger partial charge in [-0.15, -0.1) is 0 Å². The maximum absolute atomic E-state index is 11.4. The van der Waals surface area contributed by atoms with E-state index in [2.05, 4.69) is 19.9 Å². The summed E-state index contributed by atoms with van der Waals surface area (Å²) >= 11 is 0. The fraction of sp³-hybridized carbons (Fsp3) is 0.385. The predicted molar refractivity (Wildman–Crippen MR) is 69.8 cm³/mol. The highest BCUT2D eigenvalue weighted by Crippen LogP contribution is 2.08. The number of amidine groups is 1. The molecular weight excluding hydrogens is 230 g/mol. The molecule has 0 atom stereocenters. The first kappa shape index (κ1) is 12.6. The van der Waals surface area contributed by atoms with Crippen LogP contribution in [0.25, 0.3) is 0 Å². The average molecular weight is 247 g/mol. The zero-order valence-electron chi connectivity index (χ0n) is 10.4. The fourth-order valence-electron chi connectivity index (χ4n) is 1.91. The van der Waals surface area contributed by atoms with Crippen molar-refractivity contribution in [1.82, 2.24) is 10.2 Å². The van der Waals surface area contributed by atoms with E-state index in [1.54, 1.807) is 0 Å². The zero-order chi connectivity index (χ0) is 12.8. The lowest BCUT2D eigenvalue weighted by atomic mass is 10.2. The van der Waals surface area contributed by atoms with Gasteiger partial charge in [0.15, 0.2) is 0 Å². The number of benzene rings is 1. The molecule has 0 aromatic heterocycles. The maximum Gasteiger partial charge on any atom is 0.435 e. The van der Waals surface area contributed by atoms with Crippen molar-refractivity contribution >= 4 is 11.9 Å². The molecule has 0 radical (unpaired) electrons. The van der Waals surface area contributed by atoms with Crippen molar-refractivity contribution in [3.63, 3.8) is 0 Å². The Morgan fingerprint density at radius 2 is 1.94 bits per heavy atom. The molecule has 0 aliphatic carbocycles. The van der Waals surface area contributed by atoms with Crippen LogP contribution < -0.4 is 5.32 Å². The Kier molecular flexibility index (Phi) is 4.30. The van der Waals surface area contributed by atoms with Crippen LogP contribution in [0.3, 0.4) is 0 Å². The number of rotatable bonds is 1. The maximum atomic E-state index is 11.4. The minimum atomic E-state index is -0.563. The Labute approximate surface area is 106 Å². The Bertz CT molecular complexity index is 425. The largest absolute Gasteiger partial charge is 0.451 e. The third-order valence-corrected chi connectivity index (χ3v) is 2.82. The summed E-state index contributed by atoms with van der Waals surface area (Å²) in [6, 6.07) is 9.71. The fourth-order valence-corrected chi connectivity index (χ4v) is 1.91. The number of nitrogens with zero attached hydrogens (tertiary/aromatic N) is 2. The molecule has 1 amide bonds. The summed E-state index contributed by atoms with van der Waals surface area (Å²) in [6.45, 7) is 3.47. The van der Waals surface area contributed by atoms with Gasteiger partial charge in [0, 0.05) is 31.7 Å². The highest BCUT2D eigenvalue weighted by atomic mass is 16.5. The minimum Gasteiger partial charge on any atom is -0.451 e. The van der Waals surface area contributed by atoms with E-state index >= 15 is 0 Å². The smallest absolute Gasteiger partial charge is 0.435 e. The number of nitrogens with one attached hydrogen (secondary N) is 1. The van der Waals surface area contributed by atoms with Crippen LogP contribution in [-0.4, -0.2) is 50.1 Å². The molecule has 1 aliphatic heterocycles. The predicted octanol–water partition coefficient (Wildman–Crippen LogP) is 1.10. The van der Waals surface area contributed by atoms with Gasteiger partial charge in [0.05, 0.1) is 7.11 Å². The van der Waals surface area contributed by atoms with E-state index in [9.17, 15) is 4.79 Å². The summed E-state index contributed by atoms with van der Waals surface area (Å²) in [7, 11) is 1.34. The van der Waals surface area contributed by atoms with E-state index in [0.29, 0.717) is 5.84 Å². The first-order valence-electron chi connectivity index (χ1n) is 5.99. The van der Waals surface area contributed by atoms with Crippen LogP contribution in [0.2, 0.25) is 0 Å². The summed E-state index contributed by atoms with van der Waals surface area (Å²) in [6.07, 6.45) is -0.563. The molecule has 1 heterocycles.